The van der Waals surface area contributed by atoms with Crippen molar-refractivity contribution in [3.05, 3.63) is 77.6 Å². The summed E-state index contributed by atoms with van der Waals surface area (Å²) in [5, 5.41) is 0. The van der Waals surface area contributed by atoms with Crippen molar-refractivity contribution in [3.63, 3.8) is 0 Å². The van der Waals surface area contributed by atoms with Crippen molar-refractivity contribution >= 4 is 0 Å². The van der Waals surface area contributed by atoms with Gasteiger partial charge in [0.25, 0.3) is 0 Å². The largest absolute Gasteiger partial charge is 0.573 e. The van der Waals surface area contributed by atoms with Crippen LogP contribution in [-0.4, -0.2) is 19.6 Å². The average molecular weight is 498 g/mol. The zero-order chi connectivity index (χ0) is 25.8. The van der Waals surface area contributed by atoms with Gasteiger partial charge in [-0.2, -0.15) is 0 Å². The maximum absolute atomic E-state index is 14.8. The van der Waals surface area contributed by atoms with Gasteiger partial charge in [-0.3, -0.25) is 0 Å². The van der Waals surface area contributed by atoms with Crippen LogP contribution in [0.4, 0.5) is 26.3 Å². The smallest absolute Gasteiger partial charge is 0.399 e. The van der Waals surface area contributed by atoms with E-state index in [1.54, 1.807) is 30.3 Å². The summed E-state index contributed by atoms with van der Waals surface area (Å²) >= 11 is 0. The van der Waals surface area contributed by atoms with Gasteiger partial charge in [0.2, 0.25) is 5.75 Å². The summed E-state index contributed by atoms with van der Waals surface area (Å²) in [5.74, 6) is -5.26. The summed E-state index contributed by atoms with van der Waals surface area (Å²) in [6.45, 7) is 7.19. The van der Waals surface area contributed by atoms with E-state index in [0.29, 0.717) is 42.4 Å². The number of alkyl halides is 3. The van der Waals surface area contributed by atoms with Crippen LogP contribution in [-0.2, 0) is 9.47 Å². The molecule has 9 heteroatoms. The molecule has 1 saturated heterocycles. The molecule has 1 heterocycles. The van der Waals surface area contributed by atoms with E-state index in [1.165, 1.54) is 12.1 Å². The first kappa shape index (κ1) is 26.6. The SMILES string of the molecule is CC.CC1COC(c2ccc(-c3ccc(-c4cc(F)c(OC(F)(F)F)c(F)c4)c(F)c3)cc2)OC1. The van der Waals surface area contributed by atoms with Gasteiger partial charge >= 0.3 is 6.36 Å². The van der Waals surface area contributed by atoms with Gasteiger partial charge in [0, 0.05) is 17.0 Å². The van der Waals surface area contributed by atoms with E-state index in [9.17, 15) is 26.3 Å². The van der Waals surface area contributed by atoms with Crippen LogP contribution >= 0.6 is 0 Å². The molecule has 1 fully saturated rings. The molecule has 0 aliphatic carbocycles. The highest BCUT2D eigenvalue weighted by Gasteiger charge is 2.34. The predicted octanol–water partition coefficient (Wildman–Crippen LogP) is 8.04. The minimum absolute atomic E-state index is 0.176. The molecular weight excluding hydrogens is 474 g/mol. The van der Waals surface area contributed by atoms with E-state index in [-0.39, 0.29) is 11.1 Å². The van der Waals surface area contributed by atoms with Crippen molar-refractivity contribution < 1.29 is 40.6 Å². The summed E-state index contributed by atoms with van der Waals surface area (Å²) in [5.41, 5.74) is 1.55. The molecule has 0 bridgehead atoms. The lowest BCUT2D eigenvalue weighted by atomic mass is 9.98. The number of rotatable bonds is 4. The van der Waals surface area contributed by atoms with E-state index < -0.39 is 35.9 Å². The Hall–Kier alpha value is -3.04. The summed E-state index contributed by atoms with van der Waals surface area (Å²) in [6, 6.07) is 12.3. The first-order chi connectivity index (χ1) is 16.6. The van der Waals surface area contributed by atoms with Crippen LogP contribution in [0.15, 0.2) is 54.6 Å². The molecule has 0 N–H and O–H groups in total. The summed E-state index contributed by atoms with van der Waals surface area (Å²) < 4.78 is 94.4. The fourth-order valence-corrected chi connectivity index (χ4v) is 3.48. The maximum atomic E-state index is 14.8. The second kappa shape index (κ2) is 11.1. The fourth-order valence-electron chi connectivity index (χ4n) is 3.48. The Morgan fingerprint density at radius 2 is 1.26 bits per heavy atom. The molecule has 0 radical (unpaired) electrons. The highest BCUT2D eigenvalue weighted by Crippen LogP contribution is 2.35. The third-order valence-electron chi connectivity index (χ3n) is 5.08. The lowest BCUT2D eigenvalue weighted by Gasteiger charge is -2.27. The van der Waals surface area contributed by atoms with Gasteiger partial charge in [-0.1, -0.05) is 57.2 Å². The van der Waals surface area contributed by atoms with Crippen LogP contribution in [0, 0.1) is 23.4 Å². The van der Waals surface area contributed by atoms with Crippen LogP contribution in [0.5, 0.6) is 5.75 Å². The molecule has 188 valence electrons. The topological polar surface area (TPSA) is 27.7 Å². The molecule has 0 aromatic heterocycles. The Morgan fingerprint density at radius 1 is 0.743 bits per heavy atom. The van der Waals surface area contributed by atoms with Gasteiger partial charge in [-0.25, -0.2) is 13.2 Å². The summed E-state index contributed by atoms with van der Waals surface area (Å²) in [4.78, 5) is 0. The molecular formula is C26H24F6O3. The summed E-state index contributed by atoms with van der Waals surface area (Å²) in [7, 11) is 0. The Bertz CT molecular complexity index is 1110. The number of hydrogen-bond acceptors (Lipinski definition) is 3. The second-order valence-electron chi connectivity index (χ2n) is 7.74. The number of halogens is 6. The van der Waals surface area contributed by atoms with Crippen molar-refractivity contribution in [1.29, 1.82) is 0 Å². The molecule has 1 aliphatic rings. The Labute approximate surface area is 199 Å². The van der Waals surface area contributed by atoms with Crippen LogP contribution in [0.3, 0.4) is 0 Å². The highest BCUT2D eigenvalue weighted by molar-refractivity contribution is 5.71. The van der Waals surface area contributed by atoms with Crippen LogP contribution in [0.25, 0.3) is 22.3 Å². The lowest BCUT2D eigenvalue weighted by molar-refractivity contribution is -0.276. The molecule has 0 atom stereocenters. The second-order valence-corrected chi connectivity index (χ2v) is 7.74. The van der Waals surface area contributed by atoms with Crippen LogP contribution in [0.2, 0.25) is 0 Å². The van der Waals surface area contributed by atoms with Gasteiger partial charge < -0.3 is 14.2 Å². The quantitative estimate of drug-likeness (QED) is 0.341. The molecule has 1 aliphatic heterocycles. The van der Waals surface area contributed by atoms with Gasteiger partial charge in [0.1, 0.15) is 5.82 Å². The molecule has 3 aromatic rings. The van der Waals surface area contributed by atoms with Crippen molar-refractivity contribution in [3.8, 4) is 28.0 Å². The number of ether oxygens (including phenoxy) is 3. The number of benzene rings is 3. The van der Waals surface area contributed by atoms with E-state index in [0.717, 1.165) is 5.56 Å². The third-order valence-corrected chi connectivity index (χ3v) is 5.08. The molecule has 0 saturated carbocycles. The minimum Gasteiger partial charge on any atom is -0.399 e. The predicted molar refractivity (Wildman–Crippen MR) is 119 cm³/mol. The van der Waals surface area contributed by atoms with Crippen molar-refractivity contribution in [2.75, 3.05) is 13.2 Å². The van der Waals surface area contributed by atoms with Crippen LogP contribution in [0.1, 0.15) is 32.6 Å². The fraction of sp³-hybridized carbons (Fsp3) is 0.308. The standard InChI is InChI=1S/C24H18F6O3.C2H6/c1-13-11-31-23(32-12-13)15-4-2-14(3-5-15)16-6-7-18(19(25)8-16)17-9-20(26)22(21(27)10-17)33-24(28,29)30;1-2/h2-10,13,23H,11-12H2,1H3;1-2H3. The third kappa shape index (κ3) is 6.55. The zero-order valence-electron chi connectivity index (χ0n) is 19.3. The zero-order valence-corrected chi connectivity index (χ0v) is 19.3. The molecule has 0 amide bonds. The molecule has 3 aromatic carbocycles. The van der Waals surface area contributed by atoms with Gasteiger partial charge in [0.15, 0.2) is 17.9 Å². The normalized spacial score (nSPS) is 18.0. The molecule has 35 heavy (non-hydrogen) atoms. The van der Waals surface area contributed by atoms with Crippen molar-refractivity contribution in [2.45, 2.75) is 33.4 Å². The maximum Gasteiger partial charge on any atom is 0.573 e. The molecule has 4 rings (SSSR count). The molecule has 0 spiro atoms. The Kier molecular flexibility index (Phi) is 8.45. The molecule has 0 unspecified atom stereocenters. The van der Waals surface area contributed by atoms with Crippen molar-refractivity contribution in [2.24, 2.45) is 5.92 Å². The Balaban J connectivity index is 0.00000167. The molecule has 3 nitrogen and oxygen atoms in total. The minimum atomic E-state index is -5.26. The monoisotopic (exact) mass is 498 g/mol. The highest BCUT2D eigenvalue weighted by atomic mass is 19.4. The van der Waals surface area contributed by atoms with Crippen molar-refractivity contribution in [1.82, 2.24) is 0 Å². The average Bonchev–Trinajstić information content (AvgIpc) is 2.82. The van der Waals surface area contributed by atoms with Gasteiger partial charge in [-0.05, 0) is 34.9 Å². The van der Waals surface area contributed by atoms with E-state index in [2.05, 4.69) is 4.74 Å². The first-order valence-electron chi connectivity index (χ1n) is 11.0. The van der Waals surface area contributed by atoms with E-state index >= 15 is 0 Å². The van der Waals surface area contributed by atoms with Gasteiger partial charge in [0.05, 0.1) is 13.2 Å². The summed E-state index contributed by atoms with van der Waals surface area (Å²) in [6.07, 6.45) is -5.73. The van der Waals surface area contributed by atoms with E-state index in [1.807, 2.05) is 20.8 Å². The number of hydrogen-bond donors (Lipinski definition) is 0. The Morgan fingerprint density at radius 3 is 1.77 bits per heavy atom. The first-order valence-corrected chi connectivity index (χ1v) is 11.0. The van der Waals surface area contributed by atoms with E-state index in [4.69, 9.17) is 9.47 Å². The van der Waals surface area contributed by atoms with Gasteiger partial charge in [-0.15, -0.1) is 13.2 Å². The lowest BCUT2D eigenvalue weighted by Crippen LogP contribution is -2.24. The van der Waals surface area contributed by atoms with Crippen LogP contribution < -0.4 is 4.74 Å².